The zero-order valence-electron chi connectivity index (χ0n) is 8.08. The van der Waals surface area contributed by atoms with E-state index < -0.39 is 0 Å². The van der Waals surface area contributed by atoms with Crippen molar-refractivity contribution in [2.75, 3.05) is 13.2 Å². The van der Waals surface area contributed by atoms with Crippen LogP contribution in [-0.4, -0.2) is 19.0 Å². The first kappa shape index (κ1) is 8.97. The van der Waals surface area contributed by atoms with Crippen LogP contribution in [0.2, 0.25) is 0 Å². The second kappa shape index (κ2) is 3.64. The molecule has 2 rings (SSSR count). The van der Waals surface area contributed by atoms with Crippen molar-refractivity contribution in [1.29, 1.82) is 0 Å². The van der Waals surface area contributed by atoms with Crippen LogP contribution in [0.4, 0.5) is 0 Å². The summed E-state index contributed by atoms with van der Waals surface area (Å²) in [4.78, 5) is 0. The van der Waals surface area contributed by atoms with Crippen molar-refractivity contribution >= 4 is 0 Å². The van der Waals surface area contributed by atoms with E-state index in [4.69, 9.17) is 9.47 Å². The summed E-state index contributed by atoms with van der Waals surface area (Å²) in [5.74, 6) is -0.368. The Kier molecular flexibility index (Phi) is 2.51. The normalized spacial score (nSPS) is 27.0. The lowest BCUT2D eigenvalue weighted by Crippen LogP contribution is -2.30. The Morgan fingerprint density at radius 2 is 2.15 bits per heavy atom. The van der Waals surface area contributed by atoms with Gasteiger partial charge in [0.2, 0.25) is 0 Å². The largest absolute Gasteiger partial charge is 0.344 e. The molecule has 1 aliphatic heterocycles. The average Bonchev–Trinajstić information content (AvgIpc) is 2.54. The molecule has 1 aliphatic carbocycles. The minimum absolute atomic E-state index is 0.368. The van der Waals surface area contributed by atoms with Crippen LogP contribution >= 0.6 is 0 Å². The van der Waals surface area contributed by atoms with Crippen molar-refractivity contribution < 1.29 is 9.47 Å². The first-order valence-corrected chi connectivity index (χ1v) is 4.97. The summed E-state index contributed by atoms with van der Waals surface area (Å²) in [6.07, 6.45) is 9.68. The van der Waals surface area contributed by atoms with Gasteiger partial charge in [-0.25, -0.2) is 0 Å². The van der Waals surface area contributed by atoms with E-state index in [0.717, 1.165) is 32.5 Å². The van der Waals surface area contributed by atoms with E-state index in [1.54, 1.807) is 0 Å². The van der Waals surface area contributed by atoms with Crippen molar-refractivity contribution in [3.8, 4) is 0 Å². The van der Waals surface area contributed by atoms with E-state index >= 15 is 0 Å². The fraction of sp³-hybridized carbons (Fsp3) is 0.636. The summed E-state index contributed by atoms with van der Waals surface area (Å²) in [5, 5.41) is 0. The molecule has 2 heteroatoms. The molecular formula is C11H16O2. The number of hydrogen-bond acceptors (Lipinski definition) is 2. The molecule has 0 unspecified atom stereocenters. The zero-order chi connectivity index (χ0) is 9.15. The van der Waals surface area contributed by atoms with E-state index in [1.807, 2.05) is 6.92 Å². The number of allylic oxidation sites excluding steroid dienone is 3. The molecule has 13 heavy (non-hydrogen) atoms. The summed E-state index contributed by atoms with van der Waals surface area (Å²) in [7, 11) is 0. The van der Waals surface area contributed by atoms with Crippen molar-refractivity contribution in [2.24, 2.45) is 0 Å². The number of hydrogen-bond donors (Lipinski definition) is 0. The molecule has 0 N–H and O–H groups in total. The highest BCUT2D eigenvalue weighted by Gasteiger charge is 2.35. The van der Waals surface area contributed by atoms with Gasteiger partial charge in [0, 0.05) is 6.42 Å². The van der Waals surface area contributed by atoms with Gasteiger partial charge in [-0.1, -0.05) is 12.2 Å². The van der Waals surface area contributed by atoms with Crippen LogP contribution < -0.4 is 0 Å². The molecule has 0 bridgehead atoms. The Labute approximate surface area is 79.2 Å². The Hall–Kier alpha value is -0.600. The van der Waals surface area contributed by atoms with Gasteiger partial charge >= 0.3 is 0 Å². The molecule has 0 aromatic carbocycles. The maximum atomic E-state index is 5.63. The summed E-state index contributed by atoms with van der Waals surface area (Å²) in [6.45, 7) is 3.51. The van der Waals surface area contributed by atoms with Gasteiger partial charge in [0.05, 0.1) is 13.2 Å². The molecule has 0 atom stereocenters. The molecular weight excluding hydrogens is 164 g/mol. The molecule has 72 valence electrons. The first-order valence-electron chi connectivity index (χ1n) is 4.97. The molecule has 2 aliphatic rings. The van der Waals surface area contributed by atoms with Gasteiger partial charge in [0.15, 0.2) is 5.79 Å². The third-order valence-corrected chi connectivity index (χ3v) is 2.55. The van der Waals surface area contributed by atoms with Crippen molar-refractivity contribution in [1.82, 2.24) is 0 Å². The molecule has 1 saturated heterocycles. The zero-order valence-corrected chi connectivity index (χ0v) is 8.08. The van der Waals surface area contributed by atoms with Gasteiger partial charge in [-0.05, 0) is 31.4 Å². The average molecular weight is 180 g/mol. The predicted molar refractivity (Wildman–Crippen MR) is 51.4 cm³/mol. The fourth-order valence-electron chi connectivity index (χ4n) is 2.01. The summed E-state index contributed by atoms with van der Waals surface area (Å²) in [6, 6.07) is 0. The standard InChI is InChI=1S/C11H16O2/c1-2-4-10-5-3-6-11(9-10)12-7-8-13-11/h2,4,9H,3,5-8H2,1H3/b4-2-. The van der Waals surface area contributed by atoms with Crippen LogP contribution in [0.3, 0.4) is 0 Å². The first-order chi connectivity index (χ1) is 6.35. The van der Waals surface area contributed by atoms with E-state index in [0.29, 0.717) is 0 Å². The van der Waals surface area contributed by atoms with Crippen LogP contribution in [0.15, 0.2) is 23.8 Å². The highest BCUT2D eigenvalue weighted by molar-refractivity contribution is 5.24. The topological polar surface area (TPSA) is 18.5 Å². The van der Waals surface area contributed by atoms with E-state index in [9.17, 15) is 0 Å². The molecule has 0 radical (unpaired) electrons. The maximum Gasteiger partial charge on any atom is 0.188 e. The van der Waals surface area contributed by atoms with Gasteiger partial charge in [-0.2, -0.15) is 0 Å². The molecule has 0 aromatic rings. The number of ether oxygens (including phenoxy) is 2. The molecule has 2 nitrogen and oxygen atoms in total. The Morgan fingerprint density at radius 1 is 1.38 bits per heavy atom. The molecule has 1 heterocycles. The highest BCUT2D eigenvalue weighted by atomic mass is 16.7. The van der Waals surface area contributed by atoms with Crippen molar-refractivity contribution in [2.45, 2.75) is 32.0 Å². The van der Waals surface area contributed by atoms with Crippen LogP contribution in [0, 0.1) is 0 Å². The lowest BCUT2D eigenvalue weighted by molar-refractivity contribution is -0.125. The van der Waals surface area contributed by atoms with Gasteiger partial charge in [-0.15, -0.1) is 0 Å². The Balaban J connectivity index is 2.16. The fourth-order valence-corrected chi connectivity index (χ4v) is 2.01. The van der Waals surface area contributed by atoms with E-state index in [2.05, 4.69) is 18.2 Å². The molecule has 1 fully saturated rings. The van der Waals surface area contributed by atoms with E-state index in [-0.39, 0.29) is 5.79 Å². The number of rotatable bonds is 1. The quantitative estimate of drug-likeness (QED) is 0.617. The lowest BCUT2D eigenvalue weighted by atomic mass is 9.94. The second-order valence-electron chi connectivity index (χ2n) is 3.58. The van der Waals surface area contributed by atoms with E-state index in [1.165, 1.54) is 5.57 Å². The predicted octanol–water partition coefficient (Wildman–Crippen LogP) is 2.42. The Morgan fingerprint density at radius 3 is 2.85 bits per heavy atom. The summed E-state index contributed by atoms with van der Waals surface area (Å²) in [5.41, 5.74) is 1.34. The molecule has 0 amide bonds. The highest BCUT2D eigenvalue weighted by Crippen LogP contribution is 2.34. The maximum absolute atomic E-state index is 5.63. The third-order valence-electron chi connectivity index (χ3n) is 2.55. The minimum Gasteiger partial charge on any atom is -0.344 e. The summed E-state index contributed by atoms with van der Waals surface area (Å²) >= 11 is 0. The molecule has 0 aromatic heterocycles. The van der Waals surface area contributed by atoms with Crippen molar-refractivity contribution in [3.05, 3.63) is 23.8 Å². The Bertz CT molecular complexity index is 234. The molecule has 1 spiro atoms. The summed E-state index contributed by atoms with van der Waals surface area (Å²) < 4.78 is 11.3. The van der Waals surface area contributed by atoms with Crippen LogP contribution in [0.25, 0.3) is 0 Å². The smallest absolute Gasteiger partial charge is 0.188 e. The van der Waals surface area contributed by atoms with Gasteiger partial charge in [0.1, 0.15) is 0 Å². The van der Waals surface area contributed by atoms with Gasteiger partial charge in [0.25, 0.3) is 0 Å². The van der Waals surface area contributed by atoms with Crippen LogP contribution in [0.1, 0.15) is 26.2 Å². The monoisotopic (exact) mass is 180 g/mol. The molecule has 0 saturated carbocycles. The SMILES string of the molecule is C/C=C\C1=CC2(CCC1)OCCO2. The second-order valence-corrected chi connectivity index (χ2v) is 3.58. The third kappa shape index (κ3) is 1.84. The van der Waals surface area contributed by atoms with Gasteiger partial charge < -0.3 is 9.47 Å². The van der Waals surface area contributed by atoms with Crippen molar-refractivity contribution in [3.63, 3.8) is 0 Å². The van der Waals surface area contributed by atoms with Crippen LogP contribution in [0.5, 0.6) is 0 Å². The van der Waals surface area contributed by atoms with Crippen LogP contribution in [-0.2, 0) is 9.47 Å². The minimum atomic E-state index is -0.368. The van der Waals surface area contributed by atoms with Gasteiger partial charge in [-0.3, -0.25) is 0 Å². The lowest BCUT2D eigenvalue weighted by Gasteiger charge is -2.28.